The first-order valence-electron chi connectivity index (χ1n) is 8.55. The van der Waals surface area contributed by atoms with E-state index in [1.807, 2.05) is 24.3 Å². The lowest BCUT2D eigenvalue weighted by molar-refractivity contribution is -0.130. The molecule has 2 heterocycles. The van der Waals surface area contributed by atoms with Gasteiger partial charge in [0.05, 0.1) is 5.41 Å². The van der Waals surface area contributed by atoms with Crippen molar-refractivity contribution in [2.75, 3.05) is 39.4 Å². The van der Waals surface area contributed by atoms with E-state index in [1.54, 1.807) is 0 Å². The van der Waals surface area contributed by atoms with Crippen LogP contribution in [0.15, 0.2) is 24.3 Å². The highest BCUT2D eigenvalue weighted by Crippen LogP contribution is 2.36. The van der Waals surface area contributed by atoms with E-state index in [0.29, 0.717) is 37.6 Å². The number of carbonyl (C=O) groups excluding carboxylic acids is 1. The molecule has 23 heavy (non-hydrogen) atoms. The Balaban J connectivity index is 1.68. The highest BCUT2D eigenvalue weighted by Gasteiger charge is 2.41. The third-order valence-corrected chi connectivity index (χ3v) is 5.31. The van der Waals surface area contributed by atoms with E-state index in [0.717, 1.165) is 25.2 Å². The lowest BCUT2D eigenvalue weighted by Gasteiger charge is -2.36. The number of hydrogen-bond acceptors (Lipinski definition) is 3. The Morgan fingerprint density at radius 1 is 1.26 bits per heavy atom. The number of likely N-dealkylation sites (tertiary alicyclic amines) is 1. The first kappa shape index (κ1) is 16.7. The molecule has 3 rings (SSSR count). The second-order valence-electron chi connectivity index (χ2n) is 6.51. The summed E-state index contributed by atoms with van der Waals surface area (Å²) >= 11 is 6.15. The zero-order valence-electron chi connectivity index (χ0n) is 13.5. The van der Waals surface area contributed by atoms with E-state index < -0.39 is 5.41 Å². The van der Waals surface area contributed by atoms with Gasteiger partial charge in [0.2, 0.25) is 5.91 Å². The summed E-state index contributed by atoms with van der Waals surface area (Å²) < 4.78 is 5.49. The molecule has 0 aliphatic carbocycles. The third kappa shape index (κ3) is 3.87. The van der Waals surface area contributed by atoms with Gasteiger partial charge in [-0.15, -0.1) is 0 Å². The van der Waals surface area contributed by atoms with Gasteiger partial charge in [-0.3, -0.25) is 4.79 Å². The zero-order chi connectivity index (χ0) is 16.1. The Hall–Kier alpha value is -1.10. The van der Waals surface area contributed by atoms with E-state index in [1.165, 1.54) is 12.8 Å². The maximum absolute atomic E-state index is 13.0. The predicted octanol–water partition coefficient (Wildman–Crippen LogP) is 2.60. The molecule has 0 atom stereocenters. The number of nitrogens with zero attached hydrogens (tertiary/aromatic N) is 1. The monoisotopic (exact) mass is 336 g/mol. The van der Waals surface area contributed by atoms with E-state index in [9.17, 15) is 4.79 Å². The van der Waals surface area contributed by atoms with E-state index in [-0.39, 0.29) is 5.91 Å². The van der Waals surface area contributed by atoms with Crippen LogP contribution in [-0.4, -0.2) is 50.2 Å². The lowest BCUT2D eigenvalue weighted by atomic mass is 9.73. The SMILES string of the molecule is O=C(NCCN1CCCC1)C1(c2cccc(Cl)c2)CCOCC1. The van der Waals surface area contributed by atoms with Crippen LogP contribution in [0.5, 0.6) is 0 Å². The molecule has 0 spiro atoms. The Morgan fingerprint density at radius 2 is 2.00 bits per heavy atom. The topological polar surface area (TPSA) is 41.6 Å². The van der Waals surface area contributed by atoms with Crippen molar-refractivity contribution in [1.82, 2.24) is 10.2 Å². The number of amides is 1. The Bertz CT molecular complexity index is 538. The van der Waals surface area contributed by atoms with Crippen LogP contribution in [0.2, 0.25) is 5.02 Å². The molecule has 2 aliphatic rings. The van der Waals surface area contributed by atoms with Crippen LogP contribution in [0.1, 0.15) is 31.2 Å². The molecule has 4 nitrogen and oxygen atoms in total. The number of nitrogens with one attached hydrogen (secondary N) is 1. The van der Waals surface area contributed by atoms with Crippen LogP contribution < -0.4 is 5.32 Å². The second kappa shape index (κ2) is 7.65. The average molecular weight is 337 g/mol. The van der Waals surface area contributed by atoms with Crippen LogP contribution in [0.3, 0.4) is 0 Å². The summed E-state index contributed by atoms with van der Waals surface area (Å²) in [5, 5.41) is 3.84. The van der Waals surface area contributed by atoms with Crippen molar-refractivity contribution in [2.24, 2.45) is 0 Å². The molecule has 0 radical (unpaired) electrons. The van der Waals surface area contributed by atoms with Crippen LogP contribution in [-0.2, 0) is 14.9 Å². The first-order valence-corrected chi connectivity index (χ1v) is 8.93. The molecule has 0 unspecified atom stereocenters. The molecule has 1 aromatic carbocycles. The minimum absolute atomic E-state index is 0.113. The van der Waals surface area contributed by atoms with E-state index in [4.69, 9.17) is 16.3 Å². The molecule has 2 aliphatic heterocycles. The maximum atomic E-state index is 13.0. The van der Waals surface area contributed by atoms with Gasteiger partial charge in [0.15, 0.2) is 0 Å². The second-order valence-corrected chi connectivity index (χ2v) is 6.95. The van der Waals surface area contributed by atoms with Crippen LogP contribution >= 0.6 is 11.6 Å². The standard InChI is InChI=1S/C18H25ClN2O2/c19-16-5-3-4-15(14-16)18(6-12-23-13-7-18)17(22)20-8-11-21-9-1-2-10-21/h3-5,14H,1-2,6-13H2,(H,20,22). The summed E-state index contributed by atoms with van der Waals surface area (Å²) in [4.78, 5) is 15.4. The van der Waals surface area contributed by atoms with Gasteiger partial charge < -0.3 is 15.0 Å². The van der Waals surface area contributed by atoms with Gasteiger partial charge in [0.25, 0.3) is 0 Å². The number of rotatable bonds is 5. The Labute approximate surface area is 143 Å². The fourth-order valence-electron chi connectivity index (χ4n) is 3.66. The molecule has 0 bridgehead atoms. The third-order valence-electron chi connectivity index (χ3n) is 5.07. The lowest BCUT2D eigenvalue weighted by Crippen LogP contribution is -2.49. The molecular formula is C18H25ClN2O2. The van der Waals surface area contributed by atoms with Gasteiger partial charge in [-0.25, -0.2) is 0 Å². The number of ether oxygens (including phenoxy) is 1. The maximum Gasteiger partial charge on any atom is 0.230 e. The van der Waals surface area contributed by atoms with Crippen LogP contribution in [0.4, 0.5) is 0 Å². The molecule has 126 valence electrons. The smallest absolute Gasteiger partial charge is 0.230 e. The molecule has 1 aromatic rings. The van der Waals surface area contributed by atoms with Crippen molar-refractivity contribution in [3.05, 3.63) is 34.9 Å². The van der Waals surface area contributed by atoms with Crippen molar-refractivity contribution in [3.8, 4) is 0 Å². The van der Waals surface area contributed by atoms with Crippen molar-refractivity contribution in [2.45, 2.75) is 31.1 Å². The van der Waals surface area contributed by atoms with Crippen LogP contribution in [0, 0.1) is 0 Å². The molecule has 2 saturated heterocycles. The number of hydrogen-bond donors (Lipinski definition) is 1. The summed E-state index contributed by atoms with van der Waals surface area (Å²) in [6, 6.07) is 7.71. The van der Waals surface area contributed by atoms with Gasteiger partial charge in [-0.05, 0) is 56.5 Å². The van der Waals surface area contributed by atoms with Gasteiger partial charge in [-0.1, -0.05) is 23.7 Å². The van der Waals surface area contributed by atoms with Crippen molar-refractivity contribution >= 4 is 17.5 Å². The molecule has 0 aromatic heterocycles. The molecular weight excluding hydrogens is 312 g/mol. The molecule has 1 N–H and O–H groups in total. The summed E-state index contributed by atoms with van der Waals surface area (Å²) in [5.41, 5.74) is 0.501. The molecule has 2 fully saturated rings. The van der Waals surface area contributed by atoms with Crippen LogP contribution in [0.25, 0.3) is 0 Å². The summed E-state index contributed by atoms with van der Waals surface area (Å²) in [6.07, 6.45) is 3.97. The number of benzene rings is 1. The average Bonchev–Trinajstić information content (AvgIpc) is 3.09. The summed E-state index contributed by atoms with van der Waals surface area (Å²) in [7, 11) is 0. The first-order chi connectivity index (χ1) is 11.2. The minimum Gasteiger partial charge on any atom is -0.381 e. The minimum atomic E-state index is -0.506. The Morgan fingerprint density at radius 3 is 2.70 bits per heavy atom. The quantitative estimate of drug-likeness (QED) is 0.898. The molecule has 5 heteroatoms. The highest BCUT2D eigenvalue weighted by atomic mass is 35.5. The summed E-state index contributed by atoms with van der Waals surface area (Å²) in [6.45, 7) is 5.19. The zero-order valence-corrected chi connectivity index (χ0v) is 14.3. The van der Waals surface area contributed by atoms with Crippen molar-refractivity contribution in [3.63, 3.8) is 0 Å². The largest absolute Gasteiger partial charge is 0.381 e. The number of halogens is 1. The predicted molar refractivity (Wildman–Crippen MR) is 91.9 cm³/mol. The molecule has 1 amide bonds. The summed E-state index contributed by atoms with van der Waals surface area (Å²) in [5.74, 6) is 0.113. The molecule has 0 saturated carbocycles. The fraction of sp³-hybridized carbons (Fsp3) is 0.611. The Kier molecular flexibility index (Phi) is 5.57. The fourth-order valence-corrected chi connectivity index (χ4v) is 3.85. The van der Waals surface area contributed by atoms with Gasteiger partial charge in [0.1, 0.15) is 0 Å². The van der Waals surface area contributed by atoms with E-state index >= 15 is 0 Å². The van der Waals surface area contributed by atoms with Crippen molar-refractivity contribution in [1.29, 1.82) is 0 Å². The highest BCUT2D eigenvalue weighted by molar-refractivity contribution is 6.30. The van der Waals surface area contributed by atoms with Gasteiger partial charge in [0, 0.05) is 31.3 Å². The van der Waals surface area contributed by atoms with E-state index in [2.05, 4.69) is 10.2 Å². The van der Waals surface area contributed by atoms with Gasteiger partial charge >= 0.3 is 0 Å². The normalized spacial score (nSPS) is 21.3. The number of carbonyl (C=O) groups is 1. The van der Waals surface area contributed by atoms with Gasteiger partial charge in [-0.2, -0.15) is 0 Å². The van der Waals surface area contributed by atoms with Crippen molar-refractivity contribution < 1.29 is 9.53 Å².